The summed E-state index contributed by atoms with van der Waals surface area (Å²) in [6.07, 6.45) is 0.187. The standard InChI is InChI=1S/C19H19ClN2O4S2/c1-12-10-19(24)22-16-11-15(6-7-17(16)27-12)28(25,26)9-8-18(23)21-14-4-2-13(20)3-5-14/h2-7,11-12H,8-10H2,1H3,(H,21,23)(H,22,24). The van der Waals surface area contributed by atoms with Crippen LogP contribution in [0.15, 0.2) is 52.3 Å². The minimum absolute atomic E-state index is 0.0843. The van der Waals surface area contributed by atoms with Gasteiger partial charge >= 0.3 is 0 Å². The minimum Gasteiger partial charge on any atom is -0.326 e. The van der Waals surface area contributed by atoms with Crippen LogP contribution in [-0.2, 0) is 19.4 Å². The number of fused-ring (bicyclic) bond motifs is 1. The summed E-state index contributed by atoms with van der Waals surface area (Å²) in [5.41, 5.74) is 1.04. The zero-order valence-electron chi connectivity index (χ0n) is 15.1. The highest BCUT2D eigenvalue weighted by molar-refractivity contribution is 8.00. The van der Waals surface area contributed by atoms with Crippen molar-refractivity contribution < 1.29 is 18.0 Å². The molecule has 1 heterocycles. The minimum atomic E-state index is -3.67. The van der Waals surface area contributed by atoms with Crippen molar-refractivity contribution in [3.63, 3.8) is 0 Å². The number of sulfone groups is 1. The van der Waals surface area contributed by atoms with E-state index in [9.17, 15) is 18.0 Å². The number of benzene rings is 2. The molecule has 28 heavy (non-hydrogen) atoms. The first-order valence-electron chi connectivity index (χ1n) is 8.62. The second kappa shape index (κ2) is 8.55. The van der Waals surface area contributed by atoms with E-state index in [1.54, 1.807) is 30.3 Å². The van der Waals surface area contributed by atoms with E-state index in [1.165, 1.54) is 23.9 Å². The van der Waals surface area contributed by atoms with E-state index in [0.717, 1.165) is 4.90 Å². The van der Waals surface area contributed by atoms with Crippen molar-refractivity contribution >= 4 is 56.4 Å². The number of anilines is 2. The average Bonchev–Trinajstić information content (AvgIpc) is 2.77. The third kappa shape index (κ3) is 5.27. The fourth-order valence-electron chi connectivity index (χ4n) is 2.73. The molecule has 0 aliphatic carbocycles. The number of nitrogens with one attached hydrogen (secondary N) is 2. The Labute approximate surface area is 173 Å². The van der Waals surface area contributed by atoms with Crippen LogP contribution in [0.5, 0.6) is 0 Å². The molecular formula is C19H19ClN2O4S2. The predicted octanol–water partition coefficient (Wildman–Crippen LogP) is 3.97. The zero-order valence-corrected chi connectivity index (χ0v) is 17.5. The van der Waals surface area contributed by atoms with Gasteiger partial charge in [0.05, 0.1) is 16.3 Å². The lowest BCUT2D eigenvalue weighted by molar-refractivity contribution is -0.116. The van der Waals surface area contributed by atoms with E-state index in [2.05, 4.69) is 10.6 Å². The average molecular weight is 439 g/mol. The number of carbonyl (C=O) groups is 2. The van der Waals surface area contributed by atoms with E-state index < -0.39 is 15.7 Å². The Kier molecular flexibility index (Phi) is 6.32. The van der Waals surface area contributed by atoms with Gasteiger partial charge in [-0.25, -0.2) is 8.42 Å². The molecule has 1 aliphatic heterocycles. The van der Waals surface area contributed by atoms with Crippen molar-refractivity contribution in [2.24, 2.45) is 0 Å². The topological polar surface area (TPSA) is 92.3 Å². The Morgan fingerprint density at radius 3 is 2.68 bits per heavy atom. The summed E-state index contributed by atoms with van der Waals surface area (Å²) in [6.45, 7) is 1.95. The van der Waals surface area contributed by atoms with Gasteiger partial charge in [-0.1, -0.05) is 18.5 Å². The van der Waals surface area contributed by atoms with E-state index >= 15 is 0 Å². The lowest BCUT2D eigenvalue weighted by Crippen LogP contribution is -2.18. The van der Waals surface area contributed by atoms with Gasteiger partial charge in [0, 0.05) is 33.7 Å². The predicted molar refractivity (Wildman–Crippen MR) is 112 cm³/mol. The molecule has 1 unspecified atom stereocenters. The summed E-state index contributed by atoms with van der Waals surface area (Å²) in [5, 5.41) is 6.05. The van der Waals surface area contributed by atoms with Crippen LogP contribution < -0.4 is 10.6 Å². The van der Waals surface area contributed by atoms with Crippen LogP contribution in [0.1, 0.15) is 19.8 Å². The van der Waals surface area contributed by atoms with Crippen LogP contribution >= 0.6 is 23.4 Å². The van der Waals surface area contributed by atoms with Gasteiger partial charge < -0.3 is 10.6 Å². The Hall–Kier alpha value is -2.03. The molecule has 1 aliphatic rings. The molecule has 0 spiro atoms. The quantitative estimate of drug-likeness (QED) is 0.736. The smallest absolute Gasteiger partial charge is 0.225 e. The highest BCUT2D eigenvalue weighted by Gasteiger charge is 2.22. The van der Waals surface area contributed by atoms with Crippen molar-refractivity contribution in [2.45, 2.75) is 34.8 Å². The maximum atomic E-state index is 12.6. The maximum absolute atomic E-state index is 12.6. The molecule has 2 aromatic rings. The fourth-order valence-corrected chi connectivity index (χ4v) is 5.17. The van der Waals surface area contributed by atoms with Crippen LogP contribution in [0.25, 0.3) is 0 Å². The normalized spacial score (nSPS) is 16.6. The van der Waals surface area contributed by atoms with E-state index in [1.807, 2.05) is 6.92 Å². The molecule has 1 atom stereocenters. The Bertz CT molecular complexity index is 1010. The summed E-state index contributed by atoms with van der Waals surface area (Å²) in [7, 11) is -3.67. The SMILES string of the molecule is CC1CC(=O)Nc2cc(S(=O)(=O)CCC(=O)Nc3ccc(Cl)cc3)ccc2S1. The summed E-state index contributed by atoms with van der Waals surface area (Å²) >= 11 is 7.32. The van der Waals surface area contributed by atoms with Crippen LogP contribution in [0.4, 0.5) is 11.4 Å². The van der Waals surface area contributed by atoms with Gasteiger partial charge in [-0.3, -0.25) is 9.59 Å². The molecule has 0 bridgehead atoms. The summed E-state index contributed by atoms with van der Waals surface area (Å²) < 4.78 is 25.3. The first-order valence-corrected chi connectivity index (χ1v) is 11.5. The van der Waals surface area contributed by atoms with E-state index in [4.69, 9.17) is 11.6 Å². The molecule has 0 aromatic heterocycles. The van der Waals surface area contributed by atoms with Gasteiger partial charge in [0.25, 0.3) is 0 Å². The fraction of sp³-hybridized carbons (Fsp3) is 0.263. The molecule has 6 nitrogen and oxygen atoms in total. The molecule has 9 heteroatoms. The lowest BCUT2D eigenvalue weighted by Gasteiger charge is -2.11. The van der Waals surface area contributed by atoms with Gasteiger partial charge in [-0.2, -0.15) is 0 Å². The first kappa shape index (κ1) is 20.7. The maximum Gasteiger partial charge on any atom is 0.225 e. The number of carbonyl (C=O) groups excluding carboxylic acids is 2. The molecule has 148 valence electrons. The van der Waals surface area contributed by atoms with Crippen LogP contribution in [0.3, 0.4) is 0 Å². The number of thioether (sulfide) groups is 1. The Balaban J connectivity index is 1.68. The zero-order chi connectivity index (χ0) is 20.3. The third-order valence-electron chi connectivity index (χ3n) is 4.11. The van der Waals surface area contributed by atoms with Crippen molar-refractivity contribution in [1.82, 2.24) is 0 Å². The molecule has 2 amide bonds. The van der Waals surface area contributed by atoms with Crippen molar-refractivity contribution in [1.29, 1.82) is 0 Å². The van der Waals surface area contributed by atoms with Crippen molar-refractivity contribution in [3.05, 3.63) is 47.5 Å². The first-order chi connectivity index (χ1) is 13.2. The molecule has 2 N–H and O–H groups in total. The monoisotopic (exact) mass is 438 g/mol. The van der Waals surface area contributed by atoms with E-state index in [-0.39, 0.29) is 28.2 Å². The van der Waals surface area contributed by atoms with E-state index in [0.29, 0.717) is 22.8 Å². The summed E-state index contributed by atoms with van der Waals surface area (Å²) in [4.78, 5) is 24.9. The highest BCUT2D eigenvalue weighted by Crippen LogP contribution is 2.36. The highest BCUT2D eigenvalue weighted by atomic mass is 35.5. The number of halogens is 1. The molecule has 3 rings (SSSR count). The largest absolute Gasteiger partial charge is 0.326 e. The second-order valence-electron chi connectivity index (χ2n) is 6.46. The van der Waals surface area contributed by atoms with Gasteiger partial charge in [-0.05, 0) is 42.5 Å². The lowest BCUT2D eigenvalue weighted by atomic mass is 10.3. The van der Waals surface area contributed by atoms with Crippen LogP contribution in [0.2, 0.25) is 5.02 Å². The Morgan fingerprint density at radius 1 is 1.25 bits per heavy atom. The number of hydrogen-bond donors (Lipinski definition) is 2. The molecule has 0 saturated heterocycles. The third-order valence-corrected chi connectivity index (χ3v) is 7.26. The van der Waals surface area contributed by atoms with Gasteiger partial charge in [0.15, 0.2) is 9.84 Å². The molecule has 0 fully saturated rings. The number of hydrogen-bond acceptors (Lipinski definition) is 5. The summed E-state index contributed by atoms with van der Waals surface area (Å²) in [5.74, 6) is -0.878. The van der Waals surface area contributed by atoms with Gasteiger partial charge in [0.2, 0.25) is 11.8 Å². The number of rotatable bonds is 5. The number of amides is 2. The second-order valence-corrected chi connectivity index (χ2v) is 10.5. The molecular weight excluding hydrogens is 420 g/mol. The van der Waals surface area contributed by atoms with Gasteiger partial charge in [0.1, 0.15) is 0 Å². The molecule has 0 saturated carbocycles. The Morgan fingerprint density at radius 2 is 1.96 bits per heavy atom. The van der Waals surface area contributed by atoms with Crippen molar-refractivity contribution in [3.8, 4) is 0 Å². The van der Waals surface area contributed by atoms with Gasteiger partial charge in [-0.15, -0.1) is 11.8 Å². The van der Waals surface area contributed by atoms with Crippen LogP contribution in [-0.4, -0.2) is 31.2 Å². The summed E-state index contributed by atoms with van der Waals surface area (Å²) in [6, 6.07) is 11.2. The van der Waals surface area contributed by atoms with Crippen LogP contribution in [0, 0.1) is 0 Å². The molecule has 0 radical (unpaired) electrons. The van der Waals surface area contributed by atoms with Crippen molar-refractivity contribution in [2.75, 3.05) is 16.4 Å². The molecule has 2 aromatic carbocycles.